The van der Waals surface area contributed by atoms with Crippen LogP contribution in [0.3, 0.4) is 0 Å². The quantitative estimate of drug-likeness (QED) is 0.325. The number of methoxy groups -OCH3 is 1. The molecule has 0 saturated heterocycles. The minimum atomic E-state index is -4.07. The summed E-state index contributed by atoms with van der Waals surface area (Å²) >= 11 is 12.4. The van der Waals surface area contributed by atoms with Crippen molar-refractivity contribution in [2.45, 2.75) is 18.7 Å². The van der Waals surface area contributed by atoms with Crippen molar-refractivity contribution in [2.24, 2.45) is 4.99 Å². The summed E-state index contributed by atoms with van der Waals surface area (Å²) in [6, 6.07) is 14.9. The van der Waals surface area contributed by atoms with Gasteiger partial charge in [-0.25, -0.2) is 0 Å². The monoisotopic (exact) mass is 463 g/mol. The smallest absolute Gasteiger partial charge is 0.339 e. The number of aryl methyl sites for hydroxylation is 2. The minimum absolute atomic E-state index is 0.0214. The van der Waals surface area contributed by atoms with Gasteiger partial charge in [0.1, 0.15) is 4.90 Å². The van der Waals surface area contributed by atoms with Gasteiger partial charge in [0.25, 0.3) is 0 Å². The number of aliphatic imine (C=N–C) groups is 1. The number of benzene rings is 3. The van der Waals surface area contributed by atoms with Gasteiger partial charge >= 0.3 is 10.1 Å². The molecule has 0 aliphatic carbocycles. The molecule has 0 saturated carbocycles. The lowest BCUT2D eigenvalue weighted by Gasteiger charge is -2.13. The molecule has 0 unspecified atom stereocenters. The van der Waals surface area contributed by atoms with Crippen LogP contribution in [0.2, 0.25) is 10.0 Å². The van der Waals surface area contributed by atoms with Gasteiger partial charge in [-0.3, -0.25) is 4.99 Å². The Kier molecular flexibility index (Phi) is 6.71. The summed E-state index contributed by atoms with van der Waals surface area (Å²) in [5.74, 6) is 0.0804. The normalized spacial score (nSPS) is 11.6. The summed E-state index contributed by atoms with van der Waals surface area (Å²) in [6.07, 6.45) is 1.58. The van der Waals surface area contributed by atoms with E-state index in [4.69, 9.17) is 32.1 Å². The third-order valence-corrected chi connectivity index (χ3v) is 6.20. The largest absolute Gasteiger partial charge is 0.493 e. The number of hydrogen-bond acceptors (Lipinski definition) is 5. The summed E-state index contributed by atoms with van der Waals surface area (Å²) in [4.78, 5) is 4.39. The Balaban J connectivity index is 1.91. The van der Waals surface area contributed by atoms with E-state index >= 15 is 0 Å². The molecule has 156 valence electrons. The lowest BCUT2D eigenvalue weighted by molar-refractivity contribution is 0.390. The molecule has 0 atom stereocenters. The first kappa shape index (κ1) is 22.2. The maximum Gasteiger partial charge on any atom is 0.339 e. The molecule has 0 fully saturated rings. The molecule has 3 rings (SSSR count). The summed E-state index contributed by atoms with van der Waals surface area (Å²) in [5.41, 5.74) is 3.16. The topological polar surface area (TPSA) is 65.0 Å². The van der Waals surface area contributed by atoms with Gasteiger partial charge in [-0.15, -0.1) is 0 Å². The molecule has 0 aliphatic heterocycles. The lowest BCUT2D eigenvalue weighted by Crippen LogP contribution is -2.11. The van der Waals surface area contributed by atoms with Crippen LogP contribution in [0, 0.1) is 13.8 Å². The third-order valence-electron chi connectivity index (χ3n) is 4.27. The van der Waals surface area contributed by atoms with Crippen LogP contribution in [0.4, 0.5) is 5.69 Å². The predicted octanol–water partition coefficient (Wildman–Crippen LogP) is 6.14. The standard InChI is InChI=1S/C22H19Cl2NO4S/c1-14-4-8-18(9-5-14)30(26,27)29-22-20(24)10-16(11-21(22)28-3)13-25-17-7-6-15(2)19(23)12-17/h4-13H,1-3H3. The van der Waals surface area contributed by atoms with Gasteiger partial charge in [0.05, 0.1) is 17.8 Å². The fourth-order valence-corrected chi connectivity index (χ4v) is 4.00. The van der Waals surface area contributed by atoms with Gasteiger partial charge in [-0.2, -0.15) is 8.42 Å². The van der Waals surface area contributed by atoms with Gasteiger partial charge in [0.15, 0.2) is 5.75 Å². The van der Waals surface area contributed by atoms with E-state index in [1.165, 1.54) is 19.2 Å². The second-order valence-corrected chi connectivity index (χ2v) is 8.94. The SMILES string of the molecule is COc1cc(C=Nc2ccc(C)c(Cl)c2)cc(Cl)c1OS(=O)(=O)c1ccc(C)cc1. The maximum absolute atomic E-state index is 12.6. The van der Waals surface area contributed by atoms with E-state index in [1.54, 1.807) is 36.5 Å². The Labute approximate surface area is 186 Å². The second kappa shape index (κ2) is 9.08. The van der Waals surface area contributed by atoms with Crippen LogP contribution in [-0.2, 0) is 10.1 Å². The van der Waals surface area contributed by atoms with E-state index in [0.29, 0.717) is 16.3 Å². The Bertz CT molecular complexity index is 1210. The second-order valence-electron chi connectivity index (χ2n) is 6.58. The number of halogens is 2. The molecule has 0 aromatic heterocycles. The van der Waals surface area contributed by atoms with Gasteiger partial charge in [-0.05, 0) is 61.4 Å². The van der Waals surface area contributed by atoms with Crippen LogP contribution < -0.4 is 8.92 Å². The molecule has 0 amide bonds. The zero-order chi connectivity index (χ0) is 21.9. The first-order valence-corrected chi connectivity index (χ1v) is 11.0. The van der Waals surface area contributed by atoms with E-state index in [0.717, 1.165) is 11.1 Å². The Morgan fingerprint density at radius 2 is 1.63 bits per heavy atom. The molecule has 30 heavy (non-hydrogen) atoms. The first-order chi connectivity index (χ1) is 14.2. The molecule has 0 spiro atoms. The van der Waals surface area contributed by atoms with Crippen LogP contribution in [0.15, 0.2) is 64.5 Å². The number of ether oxygens (including phenoxy) is 1. The highest BCUT2D eigenvalue weighted by molar-refractivity contribution is 7.87. The zero-order valence-corrected chi connectivity index (χ0v) is 18.8. The fourth-order valence-electron chi connectivity index (χ4n) is 2.57. The lowest BCUT2D eigenvalue weighted by atomic mass is 10.2. The molecular weight excluding hydrogens is 445 g/mol. The third kappa shape index (κ3) is 5.14. The molecular formula is C22H19Cl2NO4S. The predicted molar refractivity (Wildman–Crippen MR) is 120 cm³/mol. The number of rotatable bonds is 6. The first-order valence-electron chi connectivity index (χ1n) is 8.88. The number of nitrogens with zero attached hydrogens (tertiary/aromatic N) is 1. The van der Waals surface area contributed by atoms with Crippen molar-refractivity contribution in [1.29, 1.82) is 0 Å². The van der Waals surface area contributed by atoms with E-state index < -0.39 is 10.1 Å². The van der Waals surface area contributed by atoms with Crippen LogP contribution in [0.5, 0.6) is 11.5 Å². The molecule has 3 aromatic carbocycles. The van der Waals surface area contributed by atoms with Crippen molar-refractivity contribution in [1.82, 2.24) is 0 Å². The van der Waals surface area contributed by atoms with E-state index in [9.17, 15) is 8.42 Å². The molecule has 0 bridgehead atoms. The summed E-state index contributed by atoms with van der Waals surface area (Å²) in [5, 5.41) is 0.693. The van der Waals surface area contributed by atoms with Crippen LogP contribution in [0.1, 0.15) is 16.7 Å². The highest BCUT2D eigenvalue weighted by atomic mass is 35.5. The Hall–Kier alpha value is -2.54. The van der Waals surface area contributed by atoms with Crippen LogP contribution in [0.25, 0.3) is 0 Å². The van der Waals surface area contributed by atoms with Crippen molar-refractivity contribution in [3.63, 3.8) is 0 Å². The molecule has 5 nitrogen and oxygen atoms in total. The van der Waals surface area contributed by atoms with Gasteiger partial charge < -0.3 is 8.92 Å². The highest BCUT2D eigenvalue weighted by Crippen LogP contribution is 2.38. The van der Waals surface area contributed by atoms with E-state index in [-0.39, 0.29) is 21.4 Å². The van der Waals surface area contributed by atoms with Crippen molar-refractivity contribution < 1.29 is 17.3 Å². The van der Waals surface area contributed by atoms with Crippen molar-refractivity contribution in [3.05, 3.63) is 81.3 Å². The Morgan fingerprint density at radius 3 is 2.27 bits per heavy atom. The summed E-state index contributed by atoms with van der Waals surface area (Å²) < 4.78 is 35.8. The van der Waals surface area contributed by atoms with Crippen molar-refractivity contribution in [3.8, 4) is 11.5 Å². The average molecular weight is 464 g/mol. The minimum Gasteiger partial charge on any atom is -0.493 e. The molecule has 8 heteroatoms. The van der Waals surface area contributed by atoms with E-state index in [2.05, 4.69) is 4.99 Å². The number of hydrogen-bond donors (Lipinski definition) is 0. The zero-order valence-electron chi connectivity index (χ0n) is 16.5. The highest BCUT2D eigenvalue weighted by Gasteiger charge is 2.22. The van der Waals surface area contributed by atoms with Crippen LogP contribution in [-0.4, -0.2) is 21.7 Å². The van der Waals surface area contributed by atoms with Gasteiger partial charge in [0.2, 0.25) is 5.75 Å². The summed E-state index contributed by atoms with van der Waals surface area (Å²) in [7, 11) is -2.67. The van der Waals surface area contributed by atoms with Crippen LogP contribution >= 0.6 is 23.2 Å². The Morgan fingerprint density at radius 1 is 0.933 bits per heavy atom. The van der Waals surface area contributed by atoms with Gasteiger partial charge in [0, 0.05) is 11.2 Å². The van der Waals surface area contributed by atoms with E-state index in [1.807, 2.05) is 26.0 Å². The molecule has 0 aliphatic rings. The van der Waals surface area contributed by atoms with Gasteiger partial charge in [-0.1, -0.05) is 47.0 Å². The fraction of sp³-hybridized carbons (Fsp3) is 0.136. The molecule has 0 N–H and O–H groups in total. The van der Waals surface area contributed by atoms with Crippen molar-refractivity contribution >= 4 is 45.2 Å². The molecule has 0 radical (unpaired) electrons. The molecule has 3 aromatic rings. The molecule has 0 heterocycles. The summed E-state index contributed by atoms with van der Waals surface area (Å²) in [6.45, 7) is 3.77. The maximum atomic E-state index is 12.6. The average Bonchev–Trinajstić information content (AvgIpc) is 2.70. The van der Waals surface area contributed by atoms with Crippen molar-refractivity contribution in [2.75, 3.05) is 7.11 Å².